The zero-order valence-electron chi connectivity index (χ0n) is 15.4. The molecule has 148 valence electrons. The number of nitrogens with one attached hydrogen (secondary N) is 2. The highest BCUT2D eigenvalue weighted by molar-refractivity contribution is 7.92. The van der Waals surface area contributed by atoms with Crippen LogP contribution in [0.5, 0.6) is 0 Å². The van der Waals surface area contributed by atoms with Crippen LogP contribution in [0.4, 0.5) is 11.5 Å². The van der Waals surface area contributed by atoms with Gasteiger partial charge in [-0.1, -0.05) is 17.4 Å². The van der Waals surface area contributed by atoms with Gasteiger partial charge in [-0.15, -0.1) is 10.2 Å². The minimum atomic E-state index is -3.77. The third kappa shape index (κ3) is 3.69. The fourth-order valence-electron chi connectivity index (χ4n) is 2.80. The maximum absolute atomic E-state index is 12.6. The van der Waals surface area contributed by atoms with Crippen LogP contribution >= 0.6 is 11.3 Å². The van der Waals surface area contributed by atoms with Gasteiger partial charge in [-0.2, -0.15) is 0 Å². The van der Waals surface area contributed by atoms with Crippen LogP contribution in [0.2, 0.25) is 0 Å². The van der Waals surface area contributed by atoms with Crippen LogP contribution in [-0.2, 0) is 10.0 Å². The molecular formula is C18H16N6O3S2. The number of thiazole rings is 1. The minimum absolute atomic E-state index is 0.0635. The first-order chi connectivity index (χ1) is 13.8. The van der Waals surface area contributed by atoms with Crippen molar-refractivity contribution in [3.8, 4) is 0 Å². The molecule has 1 amide bonds. The first-order valence-corrected chi connectivity index (χ1v) is 10.8. The van der Waals surface area contributed by atoms with E-state index >= 15 is 0 Å². The zero-order chi connectivity index (χ0) is 20.6. The molecule has 29 heavy (non-hydrogen) atoms. The predicted molar refractivity (Wildman–Crippen MR) is 110 cm³/mol. The van der Waals surface area contributed by atoms with Gasteiger partial charge in [0.1, 0.15) is 16.5 Å². The van der Waals surface area contributed by atoms with Gasteiger partial charge < -0.3 is 5.32 Å². The van der Waals surface area contributed by atoms with E-state index in [0.717, 1.165) is 5.69 Å². The summed E-state index contributed by atoms with van der Waals surface area (Å²) in [7, 11) is -3.77. The van der Waals surface area contributed by atoms with Crippen LogP contribution in [0.3, 0.4) is 0 Å². The summed E-state index contributed by atoms with van der Waals surface area (Å²) in [5.41, 5.74) is 1.23. The highest BCUT2D eigenvalue weighted by Gasteiger charge is 2.19. The Morgan fingerprint density at radius 3 is 2.48 bits per heavy atom. The highest BCUT2D eigenvalue weighted by Crippen LogP contribution is 2.24. The molecule has 0 aliphatic carbocycles. The number of fused-ring (bicyclic) bond motifs is 1. The summed E-state index contributed by atoms with van der Waals surface area (Å²) >= 11 is 1.25. The normalized spacial score (nSPS) is 11.5. The number of benzene rings is 1. The van der Waals surface area contributed by atoms with Gasteiger partial charge in [0.25, 0.3) is 15.9 Å². The van der Waals surface area contributed by atoms with Crippen LogP contribution < -0.4 is 10.0 Å². The SMILES string of the molecule is Cc1nnc2sc(C(=O)Nc3ccc(S(=O)(=O)Nc4ccccn4)cc3)c(C)n12. The van der Waals surface area contributed by atoms with E-state index in [1.165, 1.54) is 41.8 Å². The van der Waals surface area contributed by atoms with Crippen LogP contribution in [-0.4, -0.2) is 33.9 Å². The van der Waals surface area contributed by atoms with Gasteiger partial charge >= 0.3 is 0 Å². The Labute approximate surface area is 170 Å². The minimum Gasteiger partial charge on any atom is -0.321 e. The summed E-state index contributed by atoms with van der Waals surface area (Å²) < 4.78 is 29.1. The first-order valence-electron chi connectivity index (χ1n) is 8.51. The second kappa shape index (κ2) is 7.26. The molecule has 4 aromatic rings. The van der Waals surface area contributed by atoms with Crippen molar-refractivity contribution >= 4 is 43.7 Å². The number of nitrogens with zero attached hydrogens (tertiary/aromatic N) is 4. The summed E-state index contributed by atoms with van der Waals surface area (Å²) in [6.45, 7) is 3.65. The van der Waals surface area contributed by atoms with E-state index in [-0.39, 0.29) is 16.6 Å². The van der Waals surface area contributed by atoms with E-state index in [2.05, 4.69) is 25.2 Å². The van der Waals surface area contributed by atoms with Crippen molar-refractivity contribution in [2.75, 3.05) is 10.0 Å². The Balaban J connectivity index is 1.51. The number of amides is 1. The summed E-state index contributed by atoms with van der Waals surface area (Å²) in [4.78, 5) is 17.8. The van der Waals surface area contributed by atoms with Gasteiger partial charge in [-0.25, -0.2) is 13.4 Å². The molecule has 0 saturated carbocycles. The maximum atomic E-state index is 12.6. The molecule has 11 heteroatoms. The number of hydrogen-bond donors (Lipinski definition) is 2. The van der Waals surface area contributed by atoms with Crippen molar-refractivity contribution in [1.82, 2.24) is 19.6 Å². The number of sulfonamides is 1. The topological polar surface area (TPSA) is 118 Å². The number of pyridine rings is 1. The fourth-order valence-corrected chi connectivity index (χ4v) is 4.81. The Bertz CT molecular complexity index is 1290. The highest BCUT2D eigenvalue weighted by atomic mass is 32.2. The lowest BCUT2D eigenvalue weighted by atomic mass is 10.3. The van der Waals surface area contributed by atoms with Crippen LogP contribution in [0, 0.1) is 13.8 Å². The zero-order valence-corrected chi connectivity index (χ0v) is 17.1. The molecule has 0 spiro atoms. The Hall–Kier alpha value is -3.31. The van der Waals surface area contributed by atoms with Crippen molar-refractivity contribution < 1.29 is 13.2 Å². The molecule has 0 unspecified atom stereocenters. The largest absolute Gasteiger partial charge is 0.321 e. The lowest BCUT2D eigenvalue weighted by Gasteiger charge is -2.09. The molecule has 4 rings (SSSR count). The molecule has 0 radical (unpaired) electrons. The van der Waals surface area contributed by atoms with E-state index in [9.17, 15) is 13.2 Å². The van der Waals surface area contributed by atoms with E-state index in [0.29, 0.717) is 21.3 Å². The number of carbonyl (C=O) groups is 1. The molecule has 0 aliphatic heterocycles. The molecule has 3 heterocycles. The average Bonchev–Trinajstić information content (AvgIpc) is 3.23. The van der Waals surface area contributed by atoms with Crippen LogP contribution in [0.15, 0.2) is 53.6 Å². The number of aromatic nitrogens is 4. The number of hydrogen-bond acceptors (Lipinski definition) is 7. The maximum Gasteiger partial charge on any atom is 0.267 e. The van der Waals surface area contributed by atoms with E-state index in [1.54, 1.807) is 18.2 Å². The summed E-state index contributed by atoms with van der Waals surface area (Å²) in [6.07, 6.45) is 1.50. The van der Waals surface area contributed by atoms with Crippen molar-refractivity contribution in [2.24, 2.45) is 0 Å². The van der Waals surface area contributed by atoms with Gasteiger partial charge in [-0.05, 0) is 50.2 Å². The second-order valence-corrected chi connectivity index (χ2v) is 8.84. The van der Waals surface area contributed by atoms with Gasteiger partial charge in [0, 0.05) is 17.6 Å². The lowest BCUT2D eigenvalue weighted by Crippen LogP contribution is -2.14. The van der Waals surface area contributed by atoms with Gasteiger partial charge in [-0.3, -0.25) is 13.9 Å². The van der Waals surface area contributed by atoms with Gasteiger partial charge in [0.2, 0.25) is 4.96 Å². The van der Waals surface area contributed by atoms with Crippen molar-refractivity contribution in [2.45, 2.75) is 18.7 Å². The summed E-state index contributed by atoms with van der Waals surface area (Å²) in [6, 6.07) is 10.8. The molecule has 0 aliphatic rings. The van der Waals surface area contributed by atoms with Crippen LogP contribution in [0.1, 0.15) is 21.2 Å². The quantitative estimate of drug-likeness (QED) is 0.505. The smallest absolute Gasteiger partial charge is 0.267 e. The molecule has 0 fully saturated rings. The predicted octanol–water partition coefficient (Wildman–Crippen LogP) is 2.86. The number of anilines is 2. The number of aryl methyl sites for hydroxylation is 2. The van der Waals surface area contributed by atoms with Gasteiger partial charge in [0.15, 0.2) is 0 Å². The molecule has 2 N–H and O–H groups in total. The number of rotatable bonds is 5. The van der Waals surface area contributed by atoms with E-state index in [4.69, 9.17) is 0 Å². The lowest BCUT2D eigenvalue weighted by molar-refractivity contribution is 0.102. The molecule has 3 aromatic heterocycles. The monoisotopic (exact) mass is 428 g/mol. The van der Waals surface area contributed by atoms with Crippen molar-refractivity contribution in [3.05, 3.63) is 65.1 Å². The standard InChI is InChI=1S/C18H16N6O3S2/c1-11-16(28-18-22-21-12(2)24(11)18)17(25)20-13-6-8-14(9-7-13)29(26,27)23-15-5-3-4-10-19-15/h3-10H,1-2H3,(H,19,23)(H,20,25). The second-order valence-electron chi connectivity index (χ2n) is 6.18. The molecule has 9 nitrogen and oxygen atoms in total. The molecule has 1 aromatic carbocycles. The molecular weight excluding hydrogens is 412 g/mol. The Morgan fingerprint density at radius 2 is 1.83 bits per heavy atom. The Morgan fingerprint density at radius 1 is 1.07 bits per heavy atom. The summed E-state index contributed by atoms with van der Waals surface area (Å²) in [5.74, 6) is 0.648. The average molecular weight is 428 g/mol. The first kappa shape index (κ1) is 19.0. The van der Waals surface area contributed by atoms with E-state index in [1.807, 2.05) is 18.2 Å². The summed E-state index contributed by atoms with van der Waals surface area (Å²) in [5, 5.41) is 10.8. The third-order valence-corrected chi connectivity index (χ3v) is 6.69. The molecule has 0 bridgehead atoms. The van der Waals surface area contributed by atoms with E-state index < -0.39 is 10.0 Å². The fraction of sp³-hybridized carbons (Fsp3) is 0.111. The Kier molecular flexibility index (Phi) is 4.76. The third-order valence-electron chi connectivity index (χ3n) is 4.19. The van der Waals surface area contributed by atoms with Crippen molar-refractivity contribution in [3.63, 3.8) is 0 Å². The van der Waals surface area contributed by atoms with Crippen molar-refractivity contribution in [1.29, 1.82) is 0 Å². The van der Waals surface area contributed by atoms with Crippen LogP contribution in [0.25, 0.3) is 4.96 Å². The molecule has 0 atom stereocenters. The number of carbonyl (C=O) groups excluding carboxylic acids is 1. The molecule has 0 saturated heterocycles. The van der Waals surface area contributed by atoms with Gasteiger partial charge in [0.05, 0.1) is 4.90 Å².